The van der Waals surface area contributed by atoms with Gasteiger partial charge in [0.25, 0.3) is 0 Å². The molecule has 1 saturated heterocycles. The van der Waals surface area contributed by atoms with Crippen LogP contribution in [-0.2, 0) is 16.1 Å². The molecule has 2 amide bonds. The van der Waals surface area contributed by atoms with Crippen LogP contribution in [0.25, 0.3) is 0 Å². The molecule has 2 rings (SSSR count). The fraction of sp³-hybridized carbons (Fsp3) is 0.333. The van der Waals surface area contributed by atoms with Gasteiger partial charge >= 0.3 is 0 Å². The van der Waals surface area contributed by atoms with E-state index in [0.717, 1.165) is 11.1 Å². The highest BCUT2D eigenvalue weighted by atomic mass is 16.2. The highest BCUT2D eigenvalue weighted by molar-refractivity contribution is 6.05. The molecule has 0 aromatic heterocycles. The molecule has 1 fully saturated rings. The van der Waals surface area contributed by atoms with Crippen LogP contribution in [0.3, 0.4) is 0 Å². The summed E-state index contributed by atoms with van der Waals surface area (Å²) in [6, 6.07) is 7.10. The van der Waals surface area contributed by atoms with Gasteiger partial charge in [0, 0.05) is 0 Å². The first-order valence-electron chi connectivity index (χ1n) is 5.23. The molecule has 1 unspecified atom stereocenters. The zero-order valence-electron chi connectivity index (χ0n) is 9.14. The fourth-order valence-electron chi connectivity index (χ4n) is 1.87. The molecule has 1 aromatic carbocycles. The van der Waals surface area contributed by atoms with Crippen molar-refractivity contribution < 1.29 is 9.59 Å². The molecular weight excluding hydrogens is 204 g/mol. The van der Waals surface area contributed by atoms with Crippen LogP contribution >= 0.6 is 0 Å². The highest BCUT2D eigenvalue weighted by Gasteiger charge is 2.35. The summed E-state index contributed by atoms with van der Waals surface area (Å²) in [6.45, 7) is 2.30. The molecule has 4 nitrogen and oxygen atoms in total. The van der Waals surface area contributed by atoms with E-state index in [-0.39, 0.29) is 18.2 Å². The molecule has 1 aliphatic heterocycles. The number of carbonyl (C=O) groups is 2. The SMILES string of the molecule is Cc1cccc(CN2C(=O)CC(N)C2=O)c1. The molecule has 0 aliphatic carbocycles. The van der Waals surface area contributed by atoms with Gasteiger partial charge in [-0.1, -0.05) is 29.8 Å². The summed E-state index contributed by atoms with van der Waals surface area (Å²) in [5.74, 6) is -0.453. The average molecular weight is 218 g/mol. The van der Waals surface area contributed by atoms with E-state index in [1.807, 2.05) is 31.2 Å². The Labute approximate surface area is 94.0 Å². The minimum absolute atomic E-state index is 0.130. The molecule has 16 heavy (non-hydrogen) atoms. The van der Waals surface area contributed by atoms with Crippen molar-refractivity contribution in [1.29, 1.82) is 0 Å². The summed E-state index contributed by atoms with van der Waals surface area (Å²) in [6.07, 6.45) is 0.130. The second-order valence-corrected chi connectivity index (χ2v) is 4.12. The number of benzene rings is 1. The van der Waals surface area contributed by atoms with Crippen LogP contribution in [-0.4, -0.2) is 22.8 Å². The maximum Gasteiger partial charge on any atom is 0.246 e. The van der Waals surface area contributed by atoms with E-state index < -0.39 is 6.04 Å². The van der Waals surface area contributed by atoms with E-state index in [1.165, 1.54) is 4.90 Å². The first kappa shape index (κ1) is 10.8. The Bertz CT molecular complexity index is 442. The van der Waals surface area contributed by atoms with Crippen molar-refractivity contribution in [2.45, 2.75) is 25.9 Å². The van der Waals surface area contributed by atoms with Gasteiger partial charge in [-0.2, -0.15) is 0 Å². The Morgan fingerprint density at radius 1 is 1.44 bits per heavy atom. The number of amides is 2. The lowest BCUT2D eigenvalue weighted by Gasteiger charge is -2.14. The van der Waals surface area contributed by atoms with Crippen LogP contribution in [0.1, 0.15) is 17.5 Å². The minimum Gasteiger partial charge on any atom is -0.319 e. The summed E-state index contributed by atoms with van der Waals surface area (Å²) in [4.78, 5) is 24.3. The molecule has 0 bridgehead atoms. The predicted octanol–water partition coefficient (Wildman–Crippen LogP) is 0.581. The highest BCUT2D eigenvalue weighted by Crippen LogP contribution is 2.15. The molecule has 0 saturated carbocycles. The van der Waals surface area contributed by atoms with Crippen molar-refractivity contribution in [3.8, 4) is 0 Å². The summed E-state index contributed by atoms with van der Waals surface area (Å²) in [5.41, 5.74) is 7.60. The third kappa shape index (κ3) is 1.97. The number of nitrogens with two attached hydrogens (primary N) is 1. The number of likely N-dealkylation sites (tertiary alicyclic amines) is 1. The lowest BCUT2D eigenvalue weighted by Crippen LogP contribution is -2.34. The maximum absolute atomic E-state index is 11.6. The maximum atomic E-state index is 11.6. The fourth-order valence-corrected chi connectivity index (χ4v) is 1.87. The molecule has 0 radical (unpaired) electrons. The number of hydrogen-bond donors (Lipinski definition) is 1. The number of imide groups is 1. The van der Waals surface area contributed by atoms with Crippen molar-refractivity contribution >= 4 is 11.8 Å². The van der Waals surface area contributed by atoms with Gasteiger partial charge in [-0.25, -0.2) is 0 Å². The lowest BCUT2D eigenvalue weighted by molar-refractivity contribution is -0.139. The normalized spacial score (nSPS) is 20.6. The van der Waals surface area contributed by atoms with Gasteiger partial charge < -0.3 is 5.73 Å². The van der Waals surface area contributed by atoms with Gasteiger partial charge in [0.1, 0.15) is 0 Å². The van der Waals surface area contributed by atoms with Crippen LogP contribution in [0.4, 0.5) is 0 Å². The summed E-state index contributed by atoms with van der Waals surface area (Å²) in [7, 11) is 0. The van der Waals surface area contributed by atoms with E-state index in [2.05, 4.69) is 0 Å². The van der Waals surface area contributed by atoms with Gasteiger partial charge in [0.05, 0.1) is 19.0 Å². The Balaban J connectivity index is 2.16. The third-order valence-corrected chi connectivity index (χ3v) is 2.70. The van der Waals surface area contributed by atoms with E-state index in [4.69, 9.17) is 5.73 Å². The van der Waals surface area contributed by atoms with Gasteiger partial charge in [-0.05, 0) is 12.5 Å². The number of hydrogen-bond acceptors (Lipinski definition) is 3. The minimum atomic E-state index is -0.655. The van der Waals surface area contributed by atoms with Crippen LogP contribution in [0.2, 0.25) is 0 Å². The summed E-state index contributed by atoms with van der Waals surface area (Å²) in [5, 5.41) is 0. The van der Waals surface area contributed by atoms with Crippen molar-refractivity contribution in [2.75, 3.05) is 0 Å². The van der Waals surface area contributed by atoms with Crippen LogP contribution < -0.4 is 5.73 Å². The molecule has 1 heterocycles. The molecule has 1 aliphatic rings. The summed E-state index contributed by atoms with van der Waals surface area (Å²) < 4.78 is 0. The zero-order valence-corrected chi connectivity index (χ0v) is 9.14. The monoisotopic (exact) mass is 218 g/mol. The second kappa shape index (κ2) is 4.06. The Kier molecular flexibility index (Phi) is 2.75. The first-order chi connectivity index (χ1) is 7.58. The number of carbonyl (C=O) groups excluding carboxylic acids is 2. The van der Waals surface area contributed by atoms with Gasteiger partial charge in [-0.3, -0.25) is 14.5 Å². The standard InChI is InChI=1S/C12H14N2O2/c1-8-3-2-4-9(5-8)7-14-11(15)6-10(13)12(14)16/h2-5,10H,6-7,13H2,1H3. The van der Waals surface area contributed by atoms with E-state index in [0.29, 0.717) is 6.54 Å². The van der Waals surface area contributed by atoms with E-state index in [9.17, 15) is 9.59 Å². The van der Waals surface area contributed by atoms with Crippen LogP contribution in [0, 0.1) is 6.92 Å². The number of rotatable bonds is 2. The van der Waals surface area contributed by atoms with Gasteiger partial charge in [0.15, 0.2) is 0 Å². The van der Waals surface area contributed by atoms with Crippen molar-refractivity contribution in [3.63, 3.8) is 0 Å². The van der Waals surface area contributed by atoms with Gasteiger partial charge in [-0.15, -0.1) is 0 Å². The average Bonchev–Trinajstić information content (AvgIpc) is 2.45. The number of aryl methyl sites for hydroxylation is 1. The molecule has 0 spiro atoms. The van der Waals surface area contributed by atoms with E-state index in [1.54, 1.807) is 0 Å². The molecule has 1 atom stereocenters. The zero-order chi connectivity index (χ0) is 11.7. The second-order valence-electron chi connectivity index (χ2n) is 4.12. The quantitative estimate of drug-likeness (QED) is 0.738. The molecule has 2 N–H and O–H groups in total. The Hall–Kier alpha value is -1.68. The Morgan fingerprint density at radius 2 is 2.19 bits per heavy atom. The largest absolute Gasteiger partial charge is 0.319 e. The summed E-state index contributed by atoms with van der Waals surface area (Å²) >= 11 is 0. The number of nitrogens with zero attached hydrogens (tertiary/aromatic N) is 1. The lowest BCUT2D eigenvalue weighted by atomic mass is 10.1. The van der Waals surface area contributed by atoms with Crippen LogP contribution in [0.15, 0.2) is 24.3 Å². The van der Waals surface area contributed by atoms with Crippen LogP contribution in [0.5, 0.6) is 0 Å². The smallest absolute Gasteiger partial charge is 0.246 e. The molecule has 1 aromatic rings. The first-order valence-corrected chi connectivity index (χ1v) is 5.23. The van der Waals surface area contributed by atoms with Crippen molar-refractivity contribution in [3.05, 3.63) is 35.4 Å². The van der Waals surface area contributed by atoms with Crippen molar-refractivity contribution in [2.24, 2.45) is 5.73 Å². The Morgan fingerprint density at radius 3 is 2.75 bits per heavy atom. The third-order valence-electron chi connectivity index (χ3n) is 2.70. The predicted molar refractivity (Wildman–Crippen MR) is 59.3 cm³/mol. The molecule has 4 heteroatoms. The topological polar surface area (TPSA) is 63.4 Å². The van der Waals surface area contributed by atoms with Crippen molar-refractivity contribution in [1.82, 2.24) is 4.90 Å². The van der Waals surface area contributed by atoms with Gasteiger partial charge in [0.2, 0.25) is 11.8 Å². The van der Waals surface area contributed by atoms with E-state index >= 15 is 0 Å². The molecule has 84 valence electrons. The molecular formula is C12H14N2O2.